The molecule has 1 N–H and O–H groups in total. The molecule has 4 aromatic rings. The van der Waals surface area contributed by atoms with Crippen LogP contribution in [0.3, 0.4) is 0 Å². The molecule has 0 spiro atoms. The normalized spacial score (nSPS) is 10.8. The second-order valence-electron chi connectivity index (χ2n) is 8.01. The minimum atomic E-state index is -0.437. The lowest BCUT2D eigenvalue weighted by Gasteiger charge is -2.21. The number of nitrogens with one attached hydrogen (secondary N) is 1. The SMILES string of the molecule is Cc1cccc(-n2c(C)cc(=O)c(C(=O)Nc3c(C)cccc3C)c2-c2cccnc2)c1. The summed E-state index contributed by atoms with van der Waals surface area (Å²) < 4.78 is 1.95. The summed E-state index contributed by atoms with van der Waals surface area (Å²) in [6.07, 6.45) is 3.35. The summed E-state index contributed by atoms with van der Waals surface area (Å²) in [6, 6.07) is 19.0. The average Bonchev–Trinajstić information content (AvgIpc) is 2.76. The summed E-state index contributed by atoms with van der Waals surface area (Å²) in [5.41, 5.74) is 6.28. The minimum absolute atomic E-state index is 0.0905. The van der Waals surface area contributed by atoms with Gasteiger partial charge in [0.25, 0.3) is 5.91 Å². The van der Waals surface area contributed by atoms with Gasteiger partial charge in [-0.25, -0.2) is 0 Å². The number of hydrogen-bond donors (Lipinski definition) is 1. The summed E-state index contributed by atoms with van der Waals surface area (Å²) >= 11 is 0. The highest BCUT2D eigenvalue weighted by atomic mass is 16.2. The van der Waals surface area contributed by atoms with Crippen LogP contribution in [0.1, 0.15) is 32.7 Å². The number of benzene rings is 2. The van der Waals surface area contributed by atoms with Gasteiger partial charge < -0.3 is 9.88 Å². The van der Waals surface area contributed by atoms with Crippen LogP contribution in [0.25, 0.3) is 16.9 Å². The monoisotopic (exact) mass is 423 g/mol. The Morgan fingerprint density at radius 3 is 2.28 bits per heavy atom. The maximum Gasteiger partial charge on any atom is 0.261 e. The Labute approximate surface area is 187 Å². The van der Waals surface area contributed by atoms with Crippen LogP contribution >= 0.6 is 0 Å². The zero-order chi connectivity index (χ0) is 22.8. The summed E-state index contributed by atoms with van der Waals surface area (Å²) in [5.74, 6) is -0.437. The molecule has 0 bridgehead atoms. The van der Waals surface area contributed by atoms with Gasteiger partial charge in [0.1, 0.15) is 5.56 Å². The third-order valence-corrected chi connectivity index (χ3v) is 5.54. The molecule has 0 radical (unpaired) electrons. The highest BCUT2D eigenvalue weighted by Crippen LogP contribution is 2.28. The van der Waals surface area contributed by atoms with Gasteiger partial charge in [-0.15, -0.1) is 0 Å². The molecule has 5 nitrogen and oxygen atoms in total. The lowest BCUT2D eigenvalue weighted by Crippen LogP contribution is -2.26. The van der Waals surface area contributed by atoms with Crippen molar-refractivity contribution in [1.82, 2.24) is 9.55 Å². The number of aromatic nitrogens is 2. The Balaban J connectivity index is 1.99. The maximum atomic E-state index is 13.6. The van der Waals surface area contributed by atoms with Gasteiger partial charge in [-0.3, -0.25) is 14.6 Å². The van der Waals surface area contributed by atoms with Crippen LogP contribution in [-0.2, 0) is 0 Å². The molecule has 2 heterocycles. The zero-order valence-corrected chi connectivity index (χ0v) is 18.6. The van der Waals surface area contributed by atoms with Crippen LogP contribution in [-0.4, -0.2) is 15.5 Å². The Hall–Kier alpha value is -3.99. The number of nitrogens with zero attached hydrogens (tertiary/aromatic N) is 2. The third kappa shape index (κ3) is 3.97. The number of aryl methyl sites for hydroxylation is 4. The van der Waals surface area contributed by atoms with Crippen LogP contribution in [0, 0.1) is 27.7 Å². The van der Waals surface area contributed by atoms with E-state index in [1.165, 1.54) is 6.07 Å². The first kappa shape index (κ1) is 21.2. The topological polar surface area (TPSA) is 64.0 Å². The van der Waals surface area contributed by atoms with E-state index in [2.05, 4.69) is 10.3 Å². The van der Waals surface area contributed by atoms with Crippen molar-refractivity contribution < 1.29 is 4.79 Å². The first-order valence-corrected chi connectivity index (χ1v) is 10.5. The van der Waals surface area contributed by atoms with Crippen LogP contribution in [0.5, 0.6) is 0 Å². The fourth-order valence-electron chi connectivity index (χ4n) is 4.01. The van der Waals surface area contributed by atoms with Crippen molar-refractivity contribution in [2.45, 2.75) is 27.7 Å². The zero-order valence-electron chi connectivity index (χ0n) is 18.6. The predicted molar refractivity (Wildman–Crippen MR) is 129 cm³/mol. The highest BCUT2D eigenvalue weighted by Gasteiger charge is 2.23. The number of carbonyl (C=O) groups is 1. The fourth-order valence-corrected chi connectivity index (χ4v) is 4.01. The third-order valence-electron chi connectivity index (χ3n) is 5.54. The molecule has 0 fully saturated rings. The maximum absolute atomic E-state index is 13.6. The Bertz CT molecular complexity index is 1350. The van der Waals surface area contributed by atoms with Crippen molar-refractivity contribution in [3.8, 4) is 16.9 Å². The van der Waals surface area contributed by atoms with Gasteiger partial charge in [-0.1, -0.05) is 30.3 Å². The molecular formula is C27H25N3O2. The largest absolute Gasteiger partial charge is 0.321 e. The quantitative estimate of drug-likeness (QED) is 0.479. The van der Waals surface area contributed by atoms with Crippen LogP contribution in [0.15, 0.2) is 77.9 Å². The molecule has 0 atom stereocenters. The number of para-hydroxylation sites is 1. The van der Waals surface area contributed by atoms with Gasteiger partial charge >= 0.3 is 0 Å². The smallest absolute Gasteiger partial charge is 0.261 e. The number of carbonyl (C=O) groups excluding carboxylic acids is 1. The molecule has 0 aliphatic heterocycles. The molecule has 32 heavy (non-hydrogen) atoms. The number of amides is 1. The number of rotatable bonds is 4. The Morgan fingerprint density at radius 1 is 0.906 bits per heavy atom. The van der Waals surface area contributed by atoms with E-state index in [9.17, 15) is 9.59 Å². The minimum Gasteiger partial charge on any atom is -0.321 e. The average molecular weight is 424 g/mol. The Morgan fingerprint density at radius 2 is 1.62 bits per heavy atom. The Kier molecular flexibility index (Phi) is 5.73. The van der Waals surface area contributed by atoms with E-state index in [1.54, 1.807) is 18.5 Å². The fraction of sp³-hybridized carbons (Fsp3) is 0.148. The second-order valence-corrected chi connectivity index (χ2v) is 8.01. The lowest BCUT2D eigenvalue weighted by molar-refractivity contribution is 0.102. The first-order valence-electron chi connectivity index (χ1n) is 10.5. The number of hydrogen-bond acceptors (Lipinski definition) is 3. The van der Waals surface area contributed by atoms with E-state index in [-0.39, 0.29) is 11.0 Å². The van der Waals surface area contributed by atoms with E-state index >= 15 is 0 Å². The van der Waals surface area contributed by atoms with Crippen LogP contribution in [0.4, 0.5) is 5.69 Å². The van der Waals surface area contributed by atoms with E-state index in [0.29, 0.717) is 11.3 Å². The molecule has 4 rings (SSSR count). The van der Waals surface area contributed by atoms with Gasteiger partial charge in [-0.05, 0) is 68.7 Å². The predicted octanol–water partition coefficient (Wildman–Crippen LogP) is 5.39. The summed E-state index contributed by atoms with van der Waals surface area (Å²) in [6.45, 7) is 7.76. The van der Waals surface area contributed by atoms with Crippen molar-refractivity contribution in [1.29, 1.82) is 0 Å². The molecule has 0 aliphatic carbocycles. The molecule has 2 aromatic heterocycles. The summed E-state index contributed by atoms with van der Waals surface area (Å²) in [5, 5.41) is 2.98. The van der Waals surface area contributed by atoms with E-state index < -0.39 is 5.91 Å². The molecular weight excluding hydrogens is 398 g/mol. The van der Waals surface area contributed by atoms with E-state index in [4.69, 9.17) is 0 Å². The highest BCUT2D eigenvalue weighted by molar-refractivity contribution is 6.09. The van der Waals surface area contributed by atoms with E-state index in [1.807, 2.05) is 80.8 Å². The molecule has 0 saturated heterocycles. The van der Waals surface area contributed by atoms with Gasteiger partial charge in [-0.2, -0.15) is 0 Å². The van der Waals surface area contributed by atoms with Crippen molar-refractivity contribution in [3.63, 3.8) is 0 Å². The van der Waals surface area contributed by atoms with Crippen LogP contribution < -0.4 is 10.7 Å². The molecule has 0 unspecified atom stereocenters. The number of pyridine rings is 2. The molecule has 5 heteroatoms. The standard InChI is InChI=1S/C27H25N3O2/c1-17-8-5-12-22(14-17)30-20(4)15-23(31)24(26(30)21-11-7-13-28-16-21)27(32)29-25-18(2)9-6-10-19(25)3/h5-16H,1-4H3,(H,29,32). The van der Waals surface area contributed by atoms with Gasteiger partial charge in [0.15, 0.2) is 5.43 Å². The number of anilines is 1. The molecule has 160 valence electrons. The van der Waals surface area contributed by atoms with Crippen molar-refractivity contribution in [3.05, 3.63) is 111 Å². The van der Waals surface area contributed by atoms with Crippen LogP contribution in [0.2, 0.25) is 0 Å². The summed E-state index contributed by atoms with van der Waals surface area (Å²) in [4.78, 5) is 31.0. The van der Waals surface area contributed by atoms with Crippen molar-refractivity contribution in [2.24, 2.45) is 0 Å². The molecule has 2 aromatic carbocycles. The first-order chi connectivity index (χ1) is 15.4. The van der Waals surface area contributed by atoms with E-state index in [0.717, 1.165) is 33.8 Å². The molecule has 0 aliphatic rings. The molecule has 1 amide bonds. The summed E-state index contributed by atoms with van der Waals surface area (Å²) in [7, 11) is 0. The lowest BCUT2D eigenvalue weighted by atomic mass is 10.0. The van der Waals surface area contributed by atoms with Gasteiger partial charge in [0.2, 0.25) is 0 Å². The molecule has 0 saturated carbocycles. The van der Waals surface area contributed by atoms with Crippen molar-refractivity contribution >= 4 is 11.6 Å². The van der Waals surface area contributed by atoms with Gasteiger partial charge in [0, 0.05) is 41.1 Å². The van der Waals surface area contributed by atoms with Gasteiger partial charge in [0.05, 0.1) is 5.69 Å². The van der Waals surface area contributed by atoms with Crippen molar-refractivity contribution in [2.75, 3.05) is 5.32 Å². The second kappa shape index (κ2) is 8.63.